The largest absolute Gasteiger partial charge is 0.446 e. The number of aliphatic hydroxyl groups excluding tert-OH is 1. The molecular weight excluding hydrogens is 521 g/mol. The summed E-state index contributed by atoms with van der Waals surface area (Å²) in [6.07, 6.45) is 1.82. The van der Waals surface area contributed by atoms with Crippen LogP contribution in [0.2, 0.25) is 0 Å². The van der Waals surface area contributed by atoms with Crippen molar-refractivity contribution in [1.29, 1.82) is 0 Å². The molecule has 9 nitrogen and oxygen atoms in total. The van der Waals surface area contributed by atoms with Crippen LogP contribution in [0.15, 0.2) is 23.8 Å². The van der Waals surface area contributed by atoms with Crippen LogP contribution in [-0.4, -0.2) is 58.6 Å². The van der Waals surface area contributed by atoms with E-state index in [1.54, 1.807) is 47.6 Å². The molecule has 10 heteroatoms. The van der Waals surface area contributed by atoms with Gasteiger partial charge in [-0.2, -0.15) is 0 Å². The Kier molecular flexibility index (Phi) is 7.75. The highest BCUT2D eigenvalue weighted by Gasteiger charge is 2.78. The van der Waals surface area contributed by atoms with E-state index in [4.69, 9.17) is 14.2 Å². The van der Waals surface area contributed by atoms with Crippen molar-refractivity contribution in [3.63, 3.8) is 0 Å². The number of alkyl carbamates (subject to hydrolysis) is 1. The molecule has 0 spiro atoms. The Bertz CT molecular complexity index is 1150. The number of amides is 1. The summed E-state index contributed by atoms with van der Waals surface area (Å²) in [5.74, 6) is -3.42. The summed E-state index contributed by atoms with van der Waals surface area (Å²) < 4.78 is 34.3. The fourth-order valence-corrected chi connectivity index (χ4v) is 8.16. The number of alkyl halides is 1. The van der Waals surface area contributed by atoms with Crippen LogP contribution in [0.5, 0.6) is 0 Å². The van der Waals surface area contributed by atoms with Crippen molar-refractivity contribution in [3.8, 4) is 0 Å². The maximum Gasteiger partial charge on any atom is 0.410 e. The van der Waals surface area contributed by atoms with Crippen molar-refractivity contribution >= 4 is 23.8 Å². The smallest absolute Gasteiger partial charge is 0.410 e. The monoisotopic (exact) mass is 563 g/mol. The zero-order chi connectivity index (χ0) is 29.8. The van der Waals surface area contributed by atoms with Crippen LogP contribution < -0.4 is 5.32 Å². The number of ketones is 1. The van der Waals surface area contributed by atoms with Crippen molar-refractivity contribution in [3.05, 3.63) is 23.8 Å². The molecule has 9 atom stereocenters. The van der Waals surface area contributed by atoms with E-state index in [-0.39, 0.29) is 24.7 Å². The van der Waals surface area contributed by atoms with Crippen LogP contribution in [0, 0.1) is 28.6 Å². The molecule has 0 saturated heterocycles. The van der Waals surface area contributed by atoms with E-state index in [1.807, 2.05) is 0 Å². The topological polar surface area (TPSA) is 128 Å². The summed E-state index contributed by atoms with van der Waals surface area (Å²) in [5, 5.41) is 14.2. The Balaban J connectivity index is 1.73. The van der Waals surface area contributed by atoms with E-state index < -0.39 is 70.3 Å². The van der Waals surface area contributed by atoms with Gasteiger partial charge >= 0.3 is 18.0 Å². The number of carbonyl (C=O) groups is 4. The first kappa shape index (κ1) is 30.2. The standard InChI is InChI=1S/C30H42FNO8/c1-8-24(35)40-30(25(36)38-18(5)39-26(37)32-16(2)3)17(4)13-22-21-10-9-19-14-20(33)11-12-27(19,6)29(21,31)23(34)15-28(22,30)7/h11-12,14,16-18,21-23,34H,8-10,13,15H2,1-7H3,(H,32,37)/t17-,18?,21-,22-,23-,27-,28-,29-,30-/m0/s1. The van der Waals surface area contributed by atoms with Gasteiger partial charge in [-0.25, -0.2) is 14.0 Å². The minimum Gasteiger partial charge on any atom is -0.446 e. The molecule has 1 unspecified atom stereocenters. The van der Waals surface area contributed by atoms with Crippen molar-refractivity contribution in [2.45, 2.75) is 110 Å². The highest BCUT2D eigenvalue weighted by Crippen LogP contribution is 2.71. The van der Waals surface area contributed by atoms with E-state index >= 15 is 4.39 Å². The van der Waals surface area contributed by atoms with Crippen LogP contribution in [-0.2, 0) is 28.6 Å². The quantitative estimate of drug-likeness (QED) is 0.361. The molecule has 4 rings (SSSR count). The van der Waals surface area contributed by atoms with E-state index in [0.717, 1.165) is 0 Å². The van der Waals surface area contributed by atoms with Crippen LogP contribution in [0.4, 0.5) is 9.18 Å². The molecule has 0 radical (unpaired) electrons. The summed E-state index contributed by atoms with van der Waals surface area (Å²) in [7, 11) is 0. The van der Waals surface area contributed by atoms with Gasteiger partial charge in [0.15, 0.2) is 11.5 Å². The number of rotatable bonds is 6. The second-order valence-corrected chi connectivity index (χ2v) is 12.6. The third kappa shape index (κ3) is 4.28. The summed E-state index contributed by atoms with van der Waals surface area (Å²) >= 11 is 0. The summed E-state index contributed by atoms with van der Waals surface area (Å²) in [4.78, 5) is 51.1. The second kappa shape index (κ2) is 10.3. The minimum absolute atomic E-state index is 0.00454. The molecule has 0 bridgehead atoms. The molecule has 4 aliphatic rings. The Morgan fingerprint density at radius 2 is 1.85 bits per heavy atom. The molecule has 40 heavy (non-hydrogen) atoms. The van der Waals surface area contributed by atoms with Gasteiger partial charge in [-0.05, 0) is 64.5 Å². The first-order valence-electron chi connectivity index (χ1n) is 14.3. The number of fused-ring (bicyclic) bond motifs is 5. The third-order valence-electron chi connectivity index (χ3n) is 10.0. The second-order valence-electron chi connectivity index (χ2n) is 12.6. The SMILES string of the molecule is CCC(=O)O[C@]1(C(=O)OC(C)OC(=O)NC(C)C)[C@@H](C)C[C@H]2[C@@H]3CCC4=CC(=O)C=C[C@]4(C)[C@@]3(F)[C@@H](O)C[C@@]21C. The van der Waals surface area contributed by atoms with Gasteiger partial charge in [0.05, 0.1) is 6.10 Å². The first-order chi connectivity index (χ1) is 18.6. The average molecular weight is 564 g/mol. The van der Waals surface area contributed by atoms with Gasteiger partial charge in [-0.3, -0.25) is 9.59 Å². The van der Waals surface area contributed by atoms with Gasteiger partial charge in [-0.1, -0.05) is 32.4 Å². The molecule has 2 N–H and O–H groups in total. The first-order valence-corrected chi connectivity index (χ1v) is 14.3. The highest BCUT2D eigenvalue weighted by molar-refractivity contribution is 6.01. The third-order valence-corrected chi connectivity index (χ3v) is 10.0. The molecule has 222 valence electrons. The highest BCUT2D eigenvalue weighted by atomic mass is 19.1. The molecule has 0 aromatic carbocycles. The van der Waals surface area contributed by atoms with Crippen molar-refractivity contribution in [2.75, 3.05) is 0 Å². The fraction of sp³-hybridized carbons (Fsp3) is 0.733. The number of aliphatic hydroxyl groups is 1. The number of ether oxygens (including phenoxy) is 3. The van der Waals surface area contributed by atoms with Gasteiger partial charge in [-0.15, -0.1) is 0 Å². The average Bonchev–Trinajstić information content (AvgIpc) is 3.06. The number of hydrogen-bond donors (Lipinski definition) is 2. The Labute approximate surface area is 234 Å². The number of nitrogens with one attached hydrogen (secondary N) is 1. The van der Waals surface area contributed by atoms with E-state index in [2.05, 4.69) is 5.32 Å². The lowest BCUT2D eigenvalue weighted by molar-refractivity contribution is -0.242. The van der Waals surface area contributed by atoms with Gasteiger partial charge < -0.3 is 24.6 Å². The normalized spacial score (nSPS) is 40.8. The van der Waals surface area contributed by atoms with Crippen molar-refractivity contribution in [2.24, 2.45) is 28.6 Å². The number of allylic oxidation sites excluding steroid dienone is 4. The number of hydrogen-bond acceptors (Lipinski definition) is 8. The van der Waals surface area contributed by atoms with Crippen LogP contribution >= 0.6 is 0 Å². The number of esters is 2. The maximum atomic E-state index is 17.5. The number of halogens is 1. The Hall–Kier alpha value is -2.75. The van der Waals surface area contributed by atoms with Crippen molar-refractivity contribution < 1.29 is 42.9 Å². The summed E-state index contributed by atoms with van der Waals surface area (Å²) in [5.41, 5.74) is -5.65. The predicted molar refractivity (Wildman–Crippen MR) is 142 cm³/mol. The van der Waals surface area contributed by atoms with Gasteiger partial charge in [0.1, 0.15) is 0 Å². The molecule has 0 aromatic heterocycles. The summed E-state index contributed by atoms with van der Waals surface area (Å²) in [6.45, 7) is 11.8. The molecule has 3 saturated carbocycles. The zero-order valence-electron chi connectivity index (χ0n) is 24.4. The van der Waals surface area contributed by atoms with E-state index in [1.165, 1.54) is 19.1 Å². The van der Waals surface area contributed by atoms with Gasteiger partial charge in [0, 0.05) is 42.1 Å². The van der Waals surface area contributed by atoms with Crippen LogP contribution in [0.25, 0.3) is 0 Å². The molecule has 0 aromatic rings. The summed E-state index contributed by atoms with van der Waals surface area (Å²) in [6, 6.07) is -0.198. The predicted octanol–water partition coefficient (Wildman–Crippen LogP) is 4.32. The molecular formula is C30H42FNO8. The Morgan fingerprint density at radius 3 is 2.48 bits per heavy atom. The Morgan fingerprint density at radius 1 is 1.18 bits per heavy atom. The van der Waals surface area contributed by atoms with E-state index in [9.17, 15) is 24.3 Å². The van der Waals surface area contributed by atoms with Gasteiger partial charge in [0.2, 0.25) is 11.9 Å². The van der Waals surface area contributed by atoms with Crippen LogP contribution in [0.1, 0.15) is 80.6 Å². The number of carbonyl (C=O) groups excluding carboxylic acids is 4. The van der Waals surface area contributed by atoms with Crippen molar-refractivity contribution in [1.82, 2.24) is 5.32 Å². The lowest BCUT2D eigenvalue weighted by atomic mass is 9.44. The molecule has 0 aliphatic heterocycles. The maximum absolute atomic E-state index is 17.5. The van der Waals surface area contributed by atoms with E-state index in [0.29, 0.717) is 24.8 Å². The zero-order valence-corrected chi connectivity index (χ0v) is 24.4. The molecule has 0 heterocycles. The van der Waals surface area contributed by atoms with Crippen LogP contribution in [0.3, 0.4) is 0 Å². The van der Waals surface area contributed by atoms with Gasteiger partial charge in [0.25, 0.3) is 0 Å². The fourth-order valence-electron chi connectivity index (χ4n) is 8.16. The molecule has 1 amide bonds. The minimum atomic E-state index is -2.10. The molecule has 3 fully saturated rings. The lowest BCUT2D eigenvalue weighted by Gasteiger charge is -2.62. The lowest BCUT2D eigenvalue weighted by Crippen LogP contribution is -2.70. The molecule has 4 aliphatic carbocycles.